The van der Waals surface area contributed by atoms with Crippen LogP contribution in [0.15, 0.2) is 35.7 Å². The lowest BCUT2D eigenvalue weighted by Crippen LogP contribution is -2.41. The number of anilines is 1. The number of carbonyl (C=O) groups excluding carboxylic acids is 3. The summed E-state index contributed by atoms with van der Waals surface area (Å²) in [5, 5.41) is 14.3. The Morgan fingerprint density at radius 1 is 1.23 bits per heavy atom. The van der Waals surface area contributed by atoms with Crippen LogP contribution >= 0.6 is 22.9 Å². The number of amides is 2. The highest BCUT2D eigenvalue weighted by Gasteiger charge is 2.31. The number of carbonyl (C=O) groups is 3. The number of benzene rings is 1. The zero-order chi connectivity index (χ0) is 21.7. The van der Waals surface area contributed by atoms with Gasteiger partial charge in [-0.1, -0.05) is 11.6 Å². The van der Waals surface area contributed by atoms with E-state index >= 15 is 0 Å². The van der Waals surface area contributed by atoms with E-state index in [-0.39, 0.29) is 11.8 Å². The lowest BCUT2D eigenvalue weighted by Gasteiger charge is -2.31. The van der Waals surface area contributed by atoms with Gasteiger partial charge < -0.3 is 15.0 Å². The molecule has 1 aliphatic rings. The molecular weight excluding hydrogens is 426 g/mol. The number of nitrogens with zero attached hydrogens (tertiary/aromatic N) is 2. The topological polar surface area (TPSA) is 99.5 Å². The Morgan fingerprint density at radius 2 is 1.90 bits per heavy atom. The summed E-state index contributed by atoms with van der Waals surface area (Å²) in [6.07, 6.45) is -0.0497. The number of nitriles is 1. The molecule has 7 nitrogen and oxygen atoms in total. The van der Waals surface area contributed by atoms with Crippen molar-refractivity contribution in [2.24, 2.45) is 5.92 Å². The van der Waals surface area contributed by atoms with E-state index < -0.39 is 18.0 Å². The van der Waals surface area contributed by atoms with Gasteiger partial charge >= 0.3 is 5.97 Å². The molecule has 1 atom stereocenters. The fourth-order valence-corrected chi connectivity index (χ4v) is 3.99. The number of hydrogen-bond donors (Lipinski definition) is 1. The number of ether oxygens (including phenoxy) is 1. The van der Waals surface area contributed by atoms with E-state index in [2.05, 4.69) is 5.32 Å². The maximum Gasteiger partial charge on any atom is 0.309 e. The van der Waals surface area contributed by atoms with Gasteiger partial charge in [0.25, 0.3) is 11.8 Å². The molecule has 1 aromatic carbocycles. The van der Waals surface area contributed by atoms with Crippen molar-refractivity contribution in [1.82, 2.24) is 4.90 Å². The monoisotopic (exact) mass is 445 g/mol. The van der Waals surface area contributed by atoms with Crippen LogP contribution in [0.3, 0.4) is 0 Å². The van der Waals surface area contributed by atoms with Gasteiger partial charge in [0.2, 0.25) is 0 Å². The summed E-state index contributed by atoms with van der Waals surface area (Å²) in [4.78, 5) is 39.0. The van der Waals surface area contributed by atoms with Crippen LogP contribution in [0.4, 0.5) is 5.00 Å². The Labute approximate surface area is 183 Å². The first kappa shape index (κ1) is 21.8. The zero-order valence-corrected chi connectivity index (χ0v) is 17.8. The smallest absolute Gasteiger partial charge is 0.309 e. The molecule has 0 spiro atoms. The van der Waals surface area contributed by atoms with Crippen molar-refractivity contribution < 1.29 is 19.1 Å². The number of hydrogen-bond acceptors (Lipinski definition) is 6. The Kier molecular flexibility index (Phi) is 7.08. The highest BCUT2D eigenvalue weighted by atomic mass is 35.5. The number of thiophene rings is 1. The number of rotatable bonds is 5. The van der Waals surface area contributed by atoms with E-state index in [1.165, 1.54) is 18.3 Å². The van der Waals surface area contributed by atoms with Gasteiger partial charge in [0.1, 0.15) is 11.1 Å². The molecule has 2 amide bonds. The van der Waals surface area contributed by atoms with E-state index in [0.717, 1.165) is 0 Å². The fourth-order valence-electron chi connectivity index (χ4n) is 3.12. The van der Waals surface area contributed by atoms with Crippen molar-refractivity contribution in [2.75, 3.05) is 18.4 Å². The minimum atomic E-state index is -0.986. The average molecular weight is 446 g/mol. The summed E-state index contributed by atoms with van der Waals surface area (Å²) in [5.41, 5.74) is 0.917. The Morgan fingerprint density at radius 3 is 2.53 bits per heavy atom. The molecule has 0 radical (unpaired) electrons. The van der Waals surface area contributed by atoms with E-state index in [9.17, 15) is 14.4 Å². The van der Waals surface area contributed by atoms with Crippen LogP contribution in [0, 0.1) is 17.2 Å². The molecule has 3 rings (SSSR count). The molecule has 1 saturated heterocycles. The molecule has 0 aliphatic carbocycles. The second kappa shape index (κ2) is 9.74. The van der Waals surface area contributed by atoms with E-state index in [1.807, 2.05) is 6.07 Å². The first-order valence-corrected chi connectivity index (χ1v) is 10.7. The molecule has 9 heteroatoms. The van der Waals surface area contributed by atoms with Crippen molar-refractivity contribution in [3.63, 3.8) is 0 Å². The molecule has 0 saturated carbocycles. The number of piperidine rings is 1. The zero-order valence-electron chi connectivity index (χ0n) is 16.3. The summed E-state index contributed by atoms with van der Waals surface area (Å²) in [7, 11) is 0. The normalized spacial score (nSPS) is 15.2. The molecule has 0 bridgehead atoms. The predicted octanol–water partition coefficient (Wildman–Crippen LogP) is 3.70. The highest BCUT2D eigenvalue weighted by molar-refractivity contribution is 7.14. The summed E-state index contributed by atoms with van der Waals surface area (Å²) >= 11 is 7.08. The molecule has 1 fully saturated rings. The Bertz CT molecular complexity index is 975. The van der Waals surface area contributed by atoms with Crippen LogP contribution in [-0.4, -0.2) is 41.9 Å². The molecule has 1 aliphatic heterocycles. The van der Waals surface area contributed by atoms with E-state index in [4.69, 9.17) is 21.6 Å². The first-order valence-electron chi connectivity index (χ1n) is 9.43. The summed E-state index contributed by atoms with van der Waals surface area (Å²) in [6, 6.07) is 10.3. The maximum atomic E-state index is 12.6. The largest absolute Gasteiger partial charge is 0.452 e. The van der Waals surface area contributed by atoms with Crippen molar-refractivity contribution in [2.45, 2.75) is 25.9 Å². The van der Waals surface area contributed by atoms with E-state index in [0.29, 0.717) is 47.1 Å². The van der Waals surface area contributed by atoms with Crippen LogP contribution in [0.1, 0.15) is 35.7 Å². The molecule has 2 aromatic rings. The third-order valence-corrected chi connectivity index (χ3v) is 5.97. The predicted molar refractivity (Wildman–Crippen MR) is 113 cm³/mol. The standard InChI is InChI=1S/C21H20ClN3O4S/c1-13(18(26)24-19-16(12-23)8-11-30-19)29-21(28)15-6-9-25(10-7-15)20(27)14-2-4-17(22)5-3-14/h2-5,8,11,13,15H,6-7,9-10H2,1H3,(H,24,26)/t13-/m1/s1. The third-order valence-electron chi connectivity index (χ3n) is 4.89. The number of halogens is 1. The number of likely N-dealkylation sites (tertiary alicyclic amines) is 1. The van der Waals surface area contributed by atoms with Crippen molar-refractivity contribution in [3.05, 3.63) is 51.9 Å². The third kappa shape index (κ3) is 5.17. The second-order valence-electron chi connectivity index (χ2n) is 6.92. The molecule has 30 heavy (non-hydrogen) atoms. The fraction of sp³-hybridized carbons (Fsp3) is 0.333. The molecule has 156 valence electrons. The van der Waals surface area contributed by atoms with Gasteiger partial charge in [0.15, 0.2) is 6.10 Å². The maximum absolute atomic E-state index is 12.6. The average Bonchev–Trinajstić information content (AvgIpc) is 3.20. The quantitative estimate of drug-likeness (QED) is 0.707. The van der Waals surface area contributed by atoms with Gasteiger partial charge in [-0.15, -0.1) is 11.3 Å². The molecule has 1 N–H and O–H groups in total. The highest BCUT2D eigenvalue weighted by Crippen LogP contribution is 2.24. The first-order chi connectivity index (χ1) is 14.4. The lowest BCUT2D eigenvalue weighted by atomic mass is 9.96. The van der Waals surface area contributed by atoms with Gasteiger partial charge in [-0.25, -0.2) is 0 Å². The van der Waals surface area contributed by atoms with Gasteiger partial charge in [-0.3, -0.25) is 14.4 Å². The number of esters is 1. The van der Waals surface area contributed by atoms with Crippen molar-refractivity contribution >= 4 is 45.7 Å². The molecule has 1 aromatic heterocycles. The minimum absolute atomic E-state index is 0.101. The Hall–Kier alpha value is -2.89. The SMILES string of the molecule is C[C@@H](OC(=O)C1CCN(C(=O)c2ccc(Cl)cc2)CC1)C(=O)Nc1sccc1C#N. The van der Waals surface area contributed by atoms with Crippen LogP contribution in [-0.2, 0) is 14.3 Å². The molecular formula is C21H20ClN3O4S. The van der Waals surface area contributed by atoms with Crippen LogP contribution in [0.2, 0.25) is 5.02 Å². The van der Waals surface area contributed by atoms with Gasteiger partial charge in [0, 0.05) is 23.7 Å². The Balaban J connectivity index is 1.49. The van der Waals surface area contributed by atoms with Crippen LogP contribution in [0.25, 0.3) is 0 Å². The van der Waals surface area contributed by atoms with Crippen molar-refractivity contribution in [3.8, 4) is 6.07 Å². The van der Waals surface area contributed by atoms with E-state index in [1.54, 1.807) is 40.6 Å². The number of nitrogens with one attached hydrogen (secondary N) is 1. The molecule has 0 unspecified atom stereocenters. The van der Waals surface area contributed by atoms with Crippen LogP contribution < -0.4 is 5.32 Å². The van der Waals surface area contributed by atoms with Gasteiger partial charge in [-0.05, 0) is 55.5 Å². The summed E-state index contributed by atoms with van der Waals surface area (Å²) < 4.78 is 5.32. The minimum Gasteiger partial charge on any atom is -0.452 e. The van der Waals surface area contributed by atoms with Crippen molar-refractivity contribution in [1.29, 1.82) is 5.26 Å². The summed E-state index contributed by atoms with van der Waals surface area (Å²) in [6.45, 7) is 2.36. The lowest BCUT2D eigenvalue weighted by molar-refractivity contribution is -0.158. The second-order valence-corrected chi connectivity index (χ2v) is 8.27. The van der Waals surface area contributed by atoms with Gasteiger partial charge in [-0.2, -0.15) is 5.26 Å². The van der Waals surface area contributed by atoms with Crippen LogP contribution in [0.5, 0.6) is 0 Å². The van der Waals surface area contributed by atoms with Gasteiger partial charge in [0.05, 0.1) is 11.5 Å². The molecule has 2 heterocycles. The summed E-state index contributed by atoms with van der Waals surface area (Å²) in [5.74, 6) is -1.41.